The van der Waals surface area contributed by atoms with Crippen LogP contribution in [0.5, 0.6) is 0 Å². The number of nitrogens with two attached hydrogens (primary N) is 2. The second-order valence-corrected chi connectivity index (χ2v) is 30.3. The zero-order valence-electron chi connectivity index (χ0n) is 66.1. The molecule has 2 unspecified atom stereocenters. The maximum absolute atomic E-state index is 15.5. The van der Waals surface area contributed by atoms with Crippen molar-refractivity contribution in [3.63, 3.8) is 0 Å². The fourth-order valence-corrected chi connectivity index (χ4v) is 13.5. The van der Waals surface area contributed by atoms with Gasteiger partial charge in [-0.25, -0.2) is 14.0 Å². The van der Waals surface area contributed by atoms with Crippen LogP contribution in [0.1, 0.15) is 108 Å². The Hall–Kier alpha value is -12.5. The number of urea groups is 2. The quantitative estimate of drug-likeness (QED) is 0.0242. The van der Waals surface area contributed by atoms with Gasteiger partial charge in [0.05, 0.1) is 6.61 Å². The maximum Gasteiger partial charge on any atom is 0.322 e. The number of nitrogens with one attached hydrogen (secondary N) is 14. The summed E-state index contributed by atoms with van der Waals surface area (Å²) in [5, 5.41) is 49.3. The predicted octanol–water partition coefficient (Wildman–Crippen LogP) is 1.46. The molecule has 0 radical (unpaired) electrons. The number of unbranched alkanes of at least 4 members (excludes halogenated alkanes) is 1. The van der Waals surface area contributed by atoms with Crippen LogP contribution in [0.25, 0.3) is 10.8 Å². The van der Waals surface area contributed by atoms with Gasteiger partial charge < -0.3 is 90.6 Å². The van der Waals surface area contributed by atoms with Crippen molar-refractivity contribution in [3.8, 4) is 0 Å². The first-order valence-electron chi connectivity index (χ1n) is 38.8. The molecule has 2 aliphatic rings. The first-order valence-corrected chi connectivity index (χ1v) is 39.1. The minimum atomic E-state index is -2.47. The van der Waals surface area contributed by atoms with Gasteiger partial charge in [-0.1, -0.05) is 124 Å². The Morgan fingerprint density at radius 3 is 1.55 bits per heavy atom. The average Bonchev–Trinajstić information content (AvgIpc) is 1.45. The largest absolute Gasteiger partial charge is 0.394 e. The van der Waals surface area contributed by atoms with E-state index in [0.29, 0.717) is 53.1 Å². The molecule has 12 atom stereocenters. The summed E-state index contributed by atoms with van der Waals surface area (Å²) in [7, 11) is 0. The smallest absolute Gasteiger partial charge is 0.322 e. The number of fused-ring (bicyclic) bond motifs is 1. The molecule has 0 saturated carbocycles. The van der Waals surface area contributed by atoms with Crippen LogP contribution in [-0.4, -0.2) is 202 Å². The van der Waals surface area contributed by atoms with Crippen LogP contribution in [0.2, 0.25) is 5.02 Å². The number of hydrogen-bond acceptors (Lipinski definition) is 18. The first-order chi connectivity index (χ1) is 56.2. The van der Waals surface area contributed by atoms with Crippen molar-refractivity contribution in [2.45, 2.75) is 191 Å². The normalized spacial score (nSPS) is 16.7. The Morgan fingerprint density at radius 2 is 1.03 bits per heavy atom. The summed E-state index contributed by atoms with van der Waals surface area (Å²) >= 11 is 6.26. The molecule has 0 aliphatic carbocycles. The van der Waals surface area contributed by atoms with E-state index in [-0.39, 0.29) is 80.4 Å². The van der Waals surface area contributed by atoms with Crippen molar-refractivity contribution in [1.29, 1.82) is 0 Å². The van der Waals surface area contributed by atoms with Crippen LogP contribution in [0.4, 0.5) is 25.4 Å². The van der Waals surface area contributed by atoms with Gasteiger partial charge in [0.1, 0.15) is 60.4 Å². The third kappa shape index (κ3) is 27.9. The van der Waals surface area contributed by atoms with Gasteiger partial charge in [0.15, 0.2) is 6.04 Å². The van der Waals surface area contributed by atoms with Crippen molar-refractivity contribution in [2.24, 2.45) is 17.4 Å². The van der Waals surface area contributed by atoms with Crippen molar-refractivity contribution >= 4 is 123 Å². The van der Waals surface area contributed by atoms with E-state index >= 15 is 9.59 Å². The van der Waals surface area contributed by atoms with E-state index < -0.39 is 175 Å². The van der Waals surface area contributed by atoms with Gasteiger partial charge in [-0.05, 0) is 139 Å². The number of alkyl halides is 1. The van der Waals surface area contributed by atoms with E-state index in [1.807, 2.05) is 55.6 Å². The molecule has 36 heteroatoms. The number of aliphatic hydroxyl groups excluding tert-OH is 1. The lowest BCUT2D eigenvalue weighted by molar-refractivity contribution is -0.142. The summed E-state index contributed by atoms with van der Waals surface area (Å²) in [5.74, 6) is -12.3. The molecule has 2 fully saturated rings. The first kappa shape index (κ1) is 91.0. The lowest BCUT2D eigenvalue weighted by atomic mass is 9.99. The zero-order valence-corrected chi connectivity index (χ0v) is 66.9. The summed E-state index contributed by atoms with van der Waals surface area (Å²) in [6.07, 6.45) is 0.689. The number of amides is 17. The second-order valence-electron chi connectivity index (χ2n) is 29.8. The van der Waals surface area contributed by atoms with Crippen LogP contribution in [-0.2, 0) is 94.4 Å². The molecule has 17 amide bonds. The summed E-state index contributed by atoms with van der Waals surface area (Å²) < 4.78 is 15.0. The van der Waals surface area contributed by atoms with Crippen LogP contribution in [0, 0.1) is 5.92 Å². The minimum absolute atomic E-state index is 0.00480. The molecule has 630 valence electrons. The molecule has 1 aromatic heterocycles. The molecular formula is C82H102ClFN18O16. The molecule has 118 heavy (non-hydrogen) atoms. The number of halogens is 2. The number of nitrogens with zero attached hydrogens (tertiary/aromatic N) is 2. The summed E-state index contributed by atoms with van der Waals surface area (Å²) in [6, 6.07) is 15.5. The Balaban J connectivity index is 1.10. The van der Waals surface area contributed by atoms with Crippen molar-refractivity contribution < 1.29 is 81.4 Å². The minimum Gasteiger partial charge on any atom is -0.394 e. The highest BCUT2D eigenvalue weighted by molar-refractivity contribution is 6.30. The van der Waals surface area contributed by atoms with Gasteiger partial charge >= 0.3 is 12.1 Å². The summed E-state index contributed by atoms with van der Waals surface area (Å²) in [6.45, 7) is 9.63. The average molecular weight is 1650 g/mol. The third-order valence-corrected chi connectivity index (χ3v) is 19.8. The molecule has 8 rings (SSSR count). The number of rotatable bonds is 41. The molecule has 19 N–H and O–H groups in total. The highest BCUT2D eigenvalue weighted by Crippen LogP contribution is 2.24. The number of carbonyl (C=O) groups excluding carboxylic acids is 15. The number of carbonyl (C=O) groups is 15. The molecule has 34 nitrogen and oxygen atoms in total. The number of primary amides is 2. The van der Waals surface area contributed by atoms with Gasteiger partial charge in [0, 0.05) is 80.4 Å². The summed E-state index contributed by atoms with van der Waals surface area (Å²) in [5.41, 5.74) is 13.2. The number of likely N-dealkylation sites (tertiary alicyclic amines) is 1. The van der Waals surface area contributed by atoms with Gasteiger partial charge in [-0.3, -0.25) is 72.6 Å². The lowest BCUT2D eigenvalue weighted by Gasteiger charge is -2.31. The zero-order chi connectivity index (χ0) is 85.9. The Morgan fingerprint density at radius 1 is 0.551 bits per heavy atom. The monoisotopic (exact) mass is 1650 g/mol. The Labute approximate surface area is 685 Å². The van der Waals surface area contributed by atoms with E-state index in [1.54, 1.807) is 61.6 Å². The Kier molecular flexibility index (Phi) is 33.9. The van der Waals surface area contributed by atoms with Crippen LogP contribution in [0.3, 0.4) is 0 Å². The second kappa shape index (κ2) is 44.0. The van der Waals surface area contributed by atoms with Gasteiger partial charge in [0.2, 0.25) is 71.2 Å². The molecule has 3 heterocycles. The number of anilines is 2. The lowest BCUT2D eigenvalue weighted by Crippen LogP contribution is -2.63. The number of imide groups is 1. The third-order valence-electron chi connectivity index (χ3n) is 19.5. The van der Waals surface area contributed by atoms with Gasteiger partial charge in [-0.15, -0.1) is 0 Å². The van der Waals surface area contributed by atoms with Crippen LogP contribution in [0.15, 0.2) is 140 Å². The van der Waals surface area contributed by atoms with E-state index in [9.17, 15) is 71.8 Å². The molecule has 2 saturated heterocycles. The fraction of sp³-hybridized carbons (Fsp3) is 0.415. The van der Waals surface area contributed by atoms with E-state index in [2.05, 4.69) is 68.8 Å². The number of aliphatic hydroxyl groups is 1. The Bertz CT molecular complexity index is 4590. The molecule has 0 spiro atoms. The van der Waals surface area contributed by atoms with Crippen molar-refractivity contribution in [1.82, 2.24) is 73.7 Å². The van der Waals surface area contributed by atoms with Crippen molar-refractivity contribution in [2.75, 3.05) is 30.3 Å². The molecule has 6 aromatic rings. The highest BCUT2D eigenvalue weighted by atomic mass is 35.5. The van der Waals surface area contributed by atoms with E-state index in [0.717, 1.165) is 10.8 Å². The van der Waals surface area contributed by atoms with E-state index in [4.69, 9.17) is 23.1 Å². The molecule has 0 bridgehead atoms. The van der Waals surface area contributed by atoms with E-state index in [1.165, 1.54) is 79.7 Å². The molecule has 2 aliphatic heterocycles. The summed E-state index contributed by atoms with van der Waals surface area (Å²) in [4.78, 5) is 213. The number of aromatic nitrogens is 1. The van der Waals surface area contributed by atoms with Crippen LogP contribution < -0.4 is 85.9 Å². The SMILES string of the molecule is CC(=O)N[C@H](Cc1ccc2ccccc2c1)C(=O)N[C@H](Cc1ccc(Cl)cc1)C(=O)N[C@H](Cc1cccnc1)C(=O)N[C@@H](CO)C(=O)N[C@@H](Cc1ccc(NC(=O)C2NC(=O)NC(=O)C2F)cc1)C(=O)N[C@H](Cc1ccc(NC(N)=O)cc1)C(=O)N[C@@H](CC(C)C)C(=O)N[C@@H](CCCCNC(C)C)C(=O)N1CCC[C@H]1C(=O)N[C@H](C)C(N)=O. The topological polar surface area (TPSA) is 513 Å². The number of pyridine rings is 1. The highest BCUT2D eigenvalue weighted by Gasteiger charge is 2.43. The maximum atomic E-state index is 15.5. The van der Waals surface area contributed by atoms with Gasteiger partial charge in [-0.2, -0.15) is 0 Å². The van der Waals surface area contributed by atoms with Gasteiger partial charge in [0.25, 0.3) is 11.8 Å². The standard InChI is InChI=1S/C82H102ClFN18O16/c1-44(2)35-59(70(106)93-58(16-9-10-33-88-45(3)4)80(116)102-34-12-17-66(102)77(113)89-46(5)69(85)105)94-72(108)62(38-50-23-30-57(31-24-50)92-81(86)117)96-74(110)63(39-49-21-28-56(29-22-49)91-79(115)68-67(84)78(114)101-82(118)100-68)98-76(112)65(43-103)99-75(111)64(41-52-13-11-32-87-42-52)97-73(109)61(37-48-19-26-55(83)27-20-48)95-71(107)60(90-47(6)104)40-51-18-25-53-14-7-8-15-54(53)36-51/h7-8,11,13-15,18-32,36,42,44-46,58-68,88,103H,9-10,12,16-17,33-35,37-41,43H2,1-6H3,(H2,85,105)(H,89,113)(H,90,104)(H,91,115)(H,93,106)(H,94,108)(H,95,107)(H,96,110)(H,97,109)(H,98,112)(H,99,111)(H3,86,92,117)(H2,100,101,114,118)/t46-,58+,59+,60-,61-,62-,63+,64-,65+,66+,67?,68?/m1/s1. The van der Waals surface area contributed by atoms with Crippen molar-refractivity contribution in [3.05, 3.63) is 173 Å². The van der Waals surface area contributed by atoms with Crippen LogP contribution >= 0.6 is 11.6 Å². The number of benzene rings is 5. The molecule has 5 aromatic carbocycles. The molecular weight excluding hydrogens is 1550 g/mol. The number of hydrogen-bond donors (Lipinski definition) is 17. The predicted molar refractivity (Wildman–Crippen MR) is 434 cm³/mol. The fourth-order valence-electron chi connectivity index (χ4n) is 13.4.